The summed E-state index contributed by atoms with van der Waals surface area (Å²) >= 11 is 0. The van der Waals surface area contributed by atoms with Crippen molar-refractivity contribution in [2.24, 2.45) is 5.92 Å². The summed E-state index contributed by atoms with van der Waals surface area (Å²) in [6.07, 6.45) is 8.62. The fraction of sp³-hybridized carbons (Fsp3) is 0.562. The van der Waals surface area contributed by atoms with Gasteiger partial charge in [0, 0.05) is 31.4 Å². The van der Waals surface area contributed by atoms with Gasteiger partial charge in [0.15, 0.2) is 0 Å². The van der Waals surface area contributed by atoms with Crippen LogP contribution in [0.25, 0.3) is 0 Å². The van der Waals surface area contributed by atoms with E-state index in [0.29, 0.717) is 6.54 Å². The van der Waals surface area contributed by atoms with Gasteiger partial charge in [0.1, 0.15) is 0 Å². The Labute approximate surface area is 125 Å². The Bertz CT molecular complexity index is 470. The molecule has 1 fully saturated rings. The first-order valence-electron chi connectivity index (χ1n) is 7.56. The van der Waals surface area contributed by atoms with Gasteiger partial charge in [0.25, 0.3) is 0 Å². The molecule has 1 aliphatic carbocycles. The van der Waals surface area contributed by atoms with E-state index in [1.807, 2.05) is 12.1 Å². The normalized spacial score (nSPS) is 15.6. The lowest BCUT2D eigenvalue weighted by Gasteiger charge is -2.29. The summed E-state index contributed by atoms with van der Waals surface area (Å²) in [6.45, 7) is 0.734. The van der Waals surface area contributed by atoms with Crippen molar-refractivity contribution in [2.75, 3.05) is 6.54 Å². The Kier molecular flexibility index (Phi) is 5.72. The average molecular weight is 290 g/mol. The van der Waals surface area contributed by atoms with E-state index in [1.165, 1.54) is 6.42 Å². The maximum Gasteiger partial charge on any atom is 0.305 e. The van der Waals surface area contributed by atoms with Crippen LogP contribution in [0.15, 0.2) is 24.5 Å². The van der Waals surface area contributed by atoms with Crippen LogP contribution in [0.2, 0.25) is 0 Å². The number of amides is 1. The summed E-state index contributed by atoms with van der Waals surface area (Å²) in [4.78, 5) is 29.1. The Morgan fingerprint density at radius 1 is 1.19 bits per heavy atom. The van der Waals surface area contributed by atoms with Gasteiger partial charge >= 0.3 is 5.97 Å². The van der Waals surface area contributed by atoms with Crippen molar-refractivity contribution in [1.29, 1.82) is 0 Å². The van der Waals surface area contributed by atoms with E-state index in [2.05, 4.69) is 4.98 Å². The molecule has 0 saturated heterocycles. The van der Waals surface area contributed by atoms with Crippen LogP contribution < -0.4 is 0 Å². The molecule has 1 heterocycles. The van der Waals surface area contributed by atoms with Crippen LogP contribution in [0.3, 0.4) is 0 Å². The van der Waals surface area contributed by atoms with Gasteiger partial charge in [-0.1, -0.05) is 19.3 Å². The molecule has 2 rings (SSSR count). The van der Waals surface area contributed by atoms with Crippen LogP contribution in [0.1, 0.15) is 44.1 Å². The highest BCUT2D eigenvalue weighted by Gasteiger charge is 2.26. The lowest BCUT2D eigenvalue weighted by atomic mass is 9.88. The molecule has 0 spiro atoms. The van der Waals surface area contributed by atoms with Crippen LogP contribution in [-0.4, -0.2) is 33.4 Å². The number of aromatic nitrogens is 1. The molecule has 0 aromatic carbocycles. The zero-order chi connectivity index (χ0) is 15.1. The van der Waals surface area contributed by atoms with Crippen molar-refractivity contribution in [1.82, 2.24) is 9.88 Å². The van der Waals surface area contributed by atoms with Gasteiger partial charge in [-0.3, -0.25) is 14.6 Å². The summed E-state index contributed by atoms with van der Waals surface area (Å²) in [5.74, 6) is -0.701. The second kappa shape index (κ2) is 7.76. The molecule has 0 bridgehead atoms. The van der Waals surface area contributed by atoms with Crippen LogP contribution in [0.4, 0.5) is 0 Å². The Hall–Kier alpha value is -1.91. The molecule has 0 unspecified atom stereocenters. The van der Waals surface area contributed by atoms with Gasteiger partial charge < -0.3 is 10.0 Å². The molecule has 1 aliphatic rings. The molecule has 1 aromatic heterocycles. The molecule has 0 atom stereocenters. The van der Waals surface area contributed by atoms with Gasteiger partial charge in [-0.2, -0.15) is 0 Å². The molecule has 1 N–H and O–H groups in total. The number of hydrogen-bond acceptors (Lipinski definition) is 3. The Morgan fingerprint density at radius 3 is 2.48 bits per heavy atom. The van der Waals surface area contributed by atoms with Crippen molar-refractivity contribution in [3.63, 3.8) is 0 Å². The molecule has 5 nitrogen and oxygen atoms in total. The van der Waals surface area contributed by atoms with Crippen molar-refractivity contribution in [3.8, 4) is 0 Å². The predicted molar refractivity (Wildman–Crippen MR) is 78.5 cm³/mol. The molecule has 1 saturated carbocycles. The number of pyridine rings is 1. The van der Waals surface area contributed by atoms with Crippen molar-refractivity contribution >= 4 is 11.9 Å². The monoisotopic (exact) mass is 290 g/mol. The van der Waals surface area contributed by atoms with Gasteiger partial charge in [-0.25, -0.2) is 0 Å². The third-order valence-corrected chi connectivity index (χ3v) is 3.98. The topological polar surface area (TPSA) is 70.5 Å². The maximum absolute atomic E-state index is 12.6. The van der Waals surface area contributed by atoms with E-state index in [0.717, 1.165) is 31.2 Å². The number of carbonyl (C=O) groups excluding carboxylic acids is 1. The smallest absolute Gasteiger partial charge is 0.305 e. The largest absolute Gasteiger partial charge is 0.481 e. The lowest BCUT2D eigenvalue weighted by Crippen LogP contribution is -2.38. The van der Waals surface area contributed by atoms with E-state index in [-0.39, 0.29) is 24.8 Å². The quantitative estimate of drug-likeness (QED) is 0.873. The lowest BCUT2D eigenvalue weighted by molar-refractivity contribution is -0.140. The van der Waals surface area contributed by atoms with Crippen molar-refractivity contribution in [2.45, 2.75) is 45.1 Å². The number of aliphatic carboxylic acids is 1. The summed E-state index contributed by atoms with van der Waals surface area (Å²) in [5.41, 5.74) is 0.986. The number of carboxylic acids is 1. The van der Waals surface area contributed by atoms with Crippen LogP contribution >= 0.6 is 0 Å². The minimum Gasteiger partial charge on any atom is -0.481 e. The number of hydrogen-bond donors (Lipinski definition) is 1. The zero-order valence-electron chi connectivity index (χ0n) is 12.2. The molecule has 5 heteroatoms. The highest BCUT2D eigenvalue weighted by molar-refractivity contribution is 5.79. The summed E-state index contributed by atoms with van der Waals surface area (Å²) in [7, 11) is 0. The first kappa shape index (κ1) is 15.5. The second-order valence-electron chi connectivity index (χ2n) is 5.59. The van der Waals surface area contributed by atoms with E-state index < -0.39 is 5.97 Å². The molecule has 1 aromatic rings. The summed E-state index contributed by atoms with van der Waals surface area (Å²) < 4.78 is 0. The molecule has 0 aliphatic heterocycles. The highest BCUT2D eigenvalue weighted by Crippen LogP contribution is 2.26. The van der Waals surface area contributed by atoms with Gasteiger partial charge in [-0.15, -0.1) is 0 Å². The molecule has 114 valence electrons. The Morgan fingerprint density at radius 2 is 1.86 bits per heavy atom. The minimum atomic E-state index is -0.869. The minimum absolute atomic E-state index is 0.0104. The van der Waals surface area contributed by atoms with Gasteiger partial charge in [0.2, 0.25) is 5.91 Å². The van der Waals surface area contributed by atoms with Gasteiger partial charge in [0.05, 0.1) is 6.42 Å². The van der Waals surface area contributed by atoms with Crippen molar-refractivity contribution < 1.29 is 14.7 Å². The van der Waals surface area contributed by atoms with Crippen LogP contribution in [-0.2, 0) is 16.1 Å². The average Bonchev–Trinajstić information content (AvgIpc) is 2.52. The number of carbonyl (C=O) groups is 2. The fourth-order valence-electron chi connectivity index (χ4n) is 2.81. The first-order chi connectivity index (χ1) is 10.2. The standard InChI is InChI=1S/C16H22N2O3/c19-15(20)8-11-18(12-13-6-9-17-10-7-13)16(21)14-4-2-1-3-5-14/h6-7,9-10,14H,1-5,8,11-12H2,(H,19,20). The third kappa shape index (κ3) is 4.85. The fourth-order valence-corrected chi connectivity index (χ4v) is 2.81. The first-order valence-corrected chi connectivity index (χ1v) is 7.56. The number of rotatable bonds is 6. The molecular formula is C16H22N2O3. The molecule has 1 amide bonds. The SMILES string of the molecule is O=C(O)CCN(Cc1ccncc1)C(=O)C1CCCCC1. The van der Waals surface area contributed by atoms with E-state index >= 15 is 0 Å². The van der Waals surface area contributed by atoms with Crippen molar-refractivity contribution in [3.05, 3.63) is 30.1 Å². The maximum atomic E-state index is 12.6. The molecule has 21 heavy (non-hydrogen) atoms. The highest BCUT2D eigenvalue weighted by atomic mass is 16.4. The Balaban J connectivity index is 2.03. The third-order valence-electron chi connectivity index (χ3n) is 3.98. The number of carboxylic acid groups (broad SMARTS) is 1. The molecular weight excluding hydrogens is 268 g/mol. The van der Waals surface area contributed by atoms with E-state index in [9.17, 15) is 9.59 Å². The van der Waals surface area contributed by atoms with Gasteiger partial charge in [-0.05, 0) is 30.5 Å². The second-order valence-corrected chi connectivity index (χ2v) is 5.59. The van der Waals surface area contributed by atoms with Crippen LogP contribution in [0, 0.1) is 5.92 Å². The summed E-state index contributed by atoms with van der Waals surface area (Å²) in [6, 6.07) is 3.73. The van der Waals surface area contributed by atoms with E-state index in [1.54, 1.807) is 17.3 Å². The van der Waals surface area contributed by atoms with Crippen LogP contribution in [0.5, 0.6) is 0 Å². The predicted octanol–water partition coefficient (Wildman–Crippen LogP) is 2.47. The zero-order valence-corrected chi connectivity index (χ0v) is 12.2. The molecule has 0 radical (unpaired) electrons. The number of nitrogens with zero attached hydrogens (tertiary/aromatic N) is 2. The summed E-state index contributed by atoms with van der Waals surface area (Å²) in [5, 5.41) is 8.87. The van der Waals surface area contributed by atoms with E-state index in [4.69, 9.17) is 5.11 Å².